The molecule has 0 spiro atoms. The van der Waals surface area contributed by atoms with Crippen molar-refractivity contribution in [1.29, 1.82) is 0 Å². The second-order valence-corrected chi connectivity index (χ2v) is 4.20. The maximum Gasteiger partial charge on any atom is 0.327 e. The van der Waals surface area contributed by atoms with Gasteiger partial charge in [0.1, 0.15) is 12.6 Å². The number of hydrazine groups is 1. The number of carbonyl (C=O) groups is 1. The van der Waals surface area contributed by atoms with Crippen LogP contribution in [0.15, 0.2) is 11.9 Å². The molecule has 6 heteroatoms. The number of hydrogen-bond acceptors (Lipinski definition) is 6. The molecule has 0 bridgehead atoms. The fourth-order valence-electron chi connectivity index (χ4n) is 1.45. The van der Waals surface area contributed by atoms with Crippen LogP contribution in [-0.2, 0) is 9.53 Å². The Morgan fingerprint density at radius 1 is 1.50 bits per heavy atom. The van der Waals surface area contributed by atoms with Gasteiger partial charge in [0, 0.05) is 6.20 Å². The van der Waals surface area contributed by atoms with E-state index in [1.54, 1.807) is 0 Å². The van der Waals surface area contributed by atoms with E-state index in [1.807, 2.05) is 6.92 Å². The lowest BCUT2D eigenvalue weighted by molar-refractivity contribution is -0.150. The van der Waals surface area contributed by atoms with Gasteiger partial charge >= 0.3 is 5.97 Å². The third kappa shape index (κ3) is 7.92. The van der Waals surface area contributed by atoms with Gasteiger partial charge in [0.15, 0.2) is 0 Å². The Morgan fingerprint density at radius 2 is 2.17 bits per heavy atom. The summed E-state index contributed by atoms with van der Waals surface area (Å²) in [5.74, 6) is 5.15. The minimum absolute atomic E-state index is 0.0509. The highest BCUT2D eigenvalue weighted by Gasteiger charge is 2.13. The van der Waals surface area contributed by atoms with Crippen molar-refractivity contribution in [3.05, 3.63) is 11.9 Å². The first-order valence-electron chi connectivity index (χ1n) is 6.31. The zero-order valence-electron chi connectivity index (χ0n) is 11.3. The van der Waals surface area contributed by atoms with E-state index in [0.717, 1.165) is 30.7 Å². The van der Waals surface area contributed by atoms with E-state index in [1.165, 1.54) is 6.20 Å². The molecule has 0 saturated heterocycles. The van der Waals surface area contributed by atoms with Gasteiger partial charge in [-0.2, -0.15) is 0 Å². The van der Waals surface area contributed by atoms with Crippen LogP contribution in [0, 0.1) is 0 Å². The van der Waals surface area contributed by atoms with Gasteiger partial charge in [-0.25, -0.2) is 5.84 Å². The van der Waals surface area contributed by atoms with Crippen LogP contribution in [-0.4, -0.2) is 35.3 Å². The lowest BCUT2D eigenvalue weighted by atomic mass is 10.1. The second kappa shape index (κ2) is 9.73. The minimum atomic E-state index is -0.387. The van der Waals surface area contributed by atoms with Crippen LogP contribution < -0.4 is 11.6 Å². The van der Waals surface area contributed by atoms with Crippen LogP contribution in [0.5, 0.6) is 0 Å². The monoisotopic (exact) mass is 259 g/mol. The van der Waals surface area contributed by atoms with E-state index < -0.39 is 0 Å². The van der Waals surface area contributed by atoms with Gasteiger partial charge in [0.05, 0.1) is 12.3 Å². The minimum Gasteiger partial charge on any atom is -0.461 e. The number of aliphatic hydroxyl groups is 1. The van der Waals surface area contributed by atoms with Gasteiger partial charge in [-0.05, 0) is 12.8 Å². The maximum atomic E-state index is 11.6. The van der Waals surface area contributed by atoms with Gasteiger partial charge in [0.25, 0.3) is 0 Å². The normalized spacial score (nSPS) is 13.2. The number of esters is 1. The van der Waals surface area contributed by atoms with Gasteiger partial charge in [-0.1, -0.05) is 26.7 Å². The van der Waals surface area contributed by atoms with Crippen molar-refractivity contribution >= 4 is 5.97 Å². The molecule has 106 valence electrons. The molecule has 0 fully saturated rings. The van der Waals surface area contributed by atoms with E-state index in [4.69, 9.17) is 21.4 Å². The highest BCUT2D eigenvalue weighted by molar-refractivity contribution is 5.71. The van der Waals surface area contributed by atoms with Crippen LogP contribution in [0.1, 0.15) is 39.5 Å². The predicted molar refractivity (Wildman–Crippen MR) is 69.9 cm³/mol. The number of ether oxygens (including phenoxy) is 1. The standard InChI is InChI=1S/C12H25N3O3/c1-3-5-6-11(4-2)18-12(17)8-15(14)7-10(13)9-16/h7,11,16H,3-6,8-9,13-14H2,1-2H3/b10-7-. The molecule has 0 aliphatic carbocycles. The van der Waals surface area contributed by atoms with Crippen LogP contribution in [0.4, 0.5) is 0 Å². The number of hydrogen-bond donors (Lipinski definition) is 3. The summed E-state index contributed by atoms with van der Waals surface area (Å²) in [5, 5.41) is 9.82. The van der Waals surface area contributed by atoms with Gasteiger partial charge < -0.3 is 20.6 Å². The summed E-state index contributed by atoms with van der Waals surface area (Å²) in [4.78, 5) is 11.6. The molecule has 0 aliphatic heterocycles. The first-order chi connectivity index (χ1) is 8.53. The Hall–Kier alpha value is -1.27. The molecule has 0 rings (SSSR count). The Kier molecular flexibility index (Phi) is 9.04. The second-order valence-electron chi connectivity index (χ2n) is 4.20. The molecular weight excluding hydrogens is 234 g/mol. The van der Waals surface area contributed by atoms with Gasteiger partial charge in [0.2, 0.25) is 0 Å². The fourth-order valence-corrected chi connectivity index (χ4v) is 1.45. The molecule has 0 aromatic heterocycles. The molecule has 0 aliphatic rings. The van der Waals surface area contributed by atoms with E-state index in [-0.39, 0.29) is 30.9 Å². The molecular formula is C12H25N3O3. The Morgan fingerprint density at radius 3 is 2.67 bits per heavy atom. The first-order valence-corrected chi connectivity index (χ1v) is 6.31. The molecule has 0 aromatic rings. The third-order valence-corrected chi connectivity index (χ3v) is 2.46. The summed E-state index contributed by atoms with van der Waals surface area (Å²) in [7, 11) is 0. The number of nitrogens with zero attached hydrogens (tertiary/aromatic N) is 1. The van der Waals surface area contributed by atoms with Crippen molar-refractivity contribution in [1.82, 2.24) is 5.01 Å². The van der Waals surface area contributed by atoms with Crippen molar-refractivity contribution in [2.24, 2.45) is 11.6 Å². The van der Waals surface area contributed by atoms with Gasteiger partial charge in [-0.3, -0.25) is 4.79 Å². The maximum absolute atomic E-state index is 11.6. The summed E-state index contributed by atoms with van der Waals surface area (Å²) >= 11 is 0. The summed E-state index contributed by atoms with van der Waals surface area (Å²) in [6.07, 6.45) is 5.05. The van der Waals surface area contributed by atoms with Gasteiger partial charge in [-0.15, -0.1) is 0 Å². The van der Waals surface area contributed by atoms with Crippen molar-refractivity contribution in [3.63, 3.8) is 0 Å². The molecule has 0 saturated carbocycles. The Labute approximate surface area is 109 Å². The summed E-state index contributed by atoms with van der Waals surface area (Å²) in [6.45, 7) is 3.70. The van der Waals surface area contributed by atoms with E-state index in [9.17, 15) is 4.79 Å². The number of nitrogens with two attached hydrogens (primary N) is 2. The van der Waals surface area contributed by atoms with Crippen molar-refractivity contribution in [2.45, 2.75) is 45.6 Å². The fraction of sp³-hybridized carbons (Fsp3) is 0.750. The molecule has 0 amide bonds. The molecule has 1 unspecified atom stereocenters. The number of aliphatic hydroxyl groups excluding tert-OH is 1. The Balaban J connectivity index is 4.08. The quantitative estimate of drug-likeness (QED) is 0.316. The third-order valence-electron chi connectivity index (χ3n) is 2.46. The molecule has 1 atom stereocenters. The van der Waals surface area contributed by atoms with Crippen LogP contribution in [0.2, 0.25) is 0 Å². The largest absolute Gasteiger partial charge is 0.461 e. The summed E-state index contributed by atoms with van der Waals surface area (Å²) in [6, 6.07) is 0. The smallest absolute Gasteiger partial charge is 0.327 e. The lowest BCUT2D eigenvalue weighted by Crippen LogP contribution is -2.35. The molecule has 18 heavy (non-hydrogen) atoms. The average Bonchev–Trinajstić information content (AvgIpc) is 2.33. The summed E-state index contributed by atoms with van der Waals surface area (Å²) < 4.78 is 5.29. The molecule has 5 N–H and O–H groups in total. The van der Waals surface area contributed by atoms with Crippen LogP contribution in [0.25, 0.3) is 0 Å². The van der Waals surface area contributed by atoms with Crippen LogP contribution >= 0.6 is 0 Å². The molecule has 0 heterocycles. The van der Waals surface area contributed by atoms with Crippen molar-refractivity contribution in [3.8, 4) is 0 Å². The number of carbonyl (C=O) groups excluding carboxylic acids is 1. The Bertz CT molecular complexity index is 269. The highest BCUT2D eigenvalue weighted by atomic mass is 16.5. The van der Waals surface area contributed by atoms with E-state index in [0.29, 0.717) is 0 Å². The lowest BCUT2D eigenvalue weighted by Gasteiger charge is -2.18. The average molecular weight is 259 g/mol. The SMILES string of the molecule is CCCCC(CC)OC(=O)CN(N)/C=C(\N)CO. The molecule has 0 radical (unpaired) electrons. The van der Waals surface area contributed by atoms with Crippen molar-refractivity contribution < 1.29 is 14.6 Å². The number of unbranched alkanes of at least 4 members (excludes halogenated alkanes) is 1. The van der Waals surface area contributed by atoms with Crippen LogP contribution in [0.3, 0.4) is 0 Å². The molecule has 0 aromatic carbocycles. The molecule has 6 nitrogen and oxygen atoms in total. The topological polar surface area (TPSA) is 102 Å². The number of rotatable bonds is 9. The van der Waals surface area contributed by atoms with E-state index >= 15 is 0 Å². The predicted octanol–water partition coefficient (Wildman–Crippen LogP) is 0.467. The van der Waals surface area contributed by atoms with Crippen molar-refractivity contribution in [2.75, 3.05) is 13.2 Å². The van der Waals surface area contributed by atoms with E-state index in [2.05, 4.69) is 6.92 Å². The summed E-state index contributed by atoms with van der Waals surface area (Å²) in [5.41, 5.74) is 5.58. The zero-order chi connectivity index (χ0) is 14.0. The zero-order valence-corrected chi connectivity index (χ0v) is 11.3. The highest BCUT2D eigenvalue weighted by Crippen LogP contribution is 2.08. The first kappa shape index (κ1) is 16.7.